The molecule has 3 rings (SSSR count). The number of guanidine groups is 1. The van der Waals surface area contributed by atoms with Crippen molar-refractivity contribution >= 4 is 41.3 Å². The molecule has 142 valence electrons. The van der Waals surface area contributed by atoms with Crippen molar-refractivity contribution in [1.29, 1.82) is 0 Å². The molecule has 8 heteroatoms. The van der Waals surface area contributed by atoms with Crippen molar-refractivity contribution in [2.45, 2.75) is 26.3 Å². The third kappa shape index (κ3) is 5.23. The molecule has 0 unspecified atom stereocenters. The first-order chi connectivity index (χ1) is 12.2. The molecule has 0 saturated heterocycles. The second-order valence-electron chi connectivity index (χ2n) is 5.84. The fourth-order valence-electron chi connectivity index (χ4n) is 2.68. The van der Waals surface area contributed by atoms with Crippen LogP contribution in [0.1, 0.15) is 22.4 Å². The number of hydrogen-bond donors (Lipinski definition) is 1. The number of nitrogens with one attached hydrogen (secondary N) is 1. The van der Waals surface area contributed by atoms with Gasteiger partial charge in [-0.25, -0.2) is 4.98 Å². The van der Waals surface area contributed by atoms with Crippen LogP contribution in [0, 0.1) is 0 Å². The summed E-state index contributed by atoms with van der Waals surface area (Å²) in [6, 6.07) is 6.03. The summed E-state index contributed by atoms with van der Waals surface area (Å²) in [5.74, 6) is 2.48. The van der Waals surface area contributed by atoms with E-state index < -0.39 is 0 Å². The average molecular weight is 488 g/mol. The lowest BCUT2D eigenvalue weighted by molar-refractivity contribution is 0.174. The van der Waals surface area contributed by atoms with Gasteiger partial charge < -0.3 is 19.7 Å². The minimum atomic E-state index is 0. The summed E-state index contributed by atoms with van der Waals surface area (Å²) in [5.41, 5.74) is 1.15. The lowest BCUT2D eigenvalue weighted by Gasteiger charge is -2.22. The molecule has 0 amide bonds. The number of benzene rings is 1. The number of hydrogen-bond acceptors (Lipinski definition) is 5. The molecule has 2 heterocycles. The van der Waals surface area contributed by atoms with E-state index in [1.54, 1.807) is 18.4 Å². The standard InChI is InChI=1S/C18H24N4O2S.HI/c1-4-14-10-21-17(25-14)7-8-20-18(19-2)22(3)11-13-5-6-15-16(9-13)24-12-23-15;/h5-6,9-10H,4,7-8,11-12H2,1-3H3,(H,19,20);1H. The highest BCUT2D eigenvalue weighted by atomic mass is 127. The maximum atomic E-state index is 5.44. The first-order valence-electron chi connectivity index (χ1n) is 8.43. The van der Waals surface area contributed by atoms with Crippen molar-refractivity contribution in [2.24, 2.45) is 4.99 Å². The van der Waals surface area contributed by atoms with E-state index in [0.717, 1.165) is 49.0 Å². The highest BCUT2D eigenvalue weighted by molar-refractivity contribution is 14.0. The topological polar surface area (TPSA) is 59.0 Å². The number of ether oxygens (including phenoxy) is 2. The zero-order valence-corrected chi connectivity index (χ0v) is 18.5. The maximum absolute atomic E-state index is 5.44. The largest absolute Gasteiger partial charge is 0.454 e. The molecule has 0 radical (unpaired) electrons. The van der Waals surface area contributed by atoms with Gasteiger partial charge in [-0.3, -0.25) is 4.99 Å². The number of aryl methyl sites for hydroxylation is 1. The van der Waals surface area contributed by atoms with Gasteiger partial charge in [0.2, 0.25) is 6.79 Å². The van der Waals surface area contributed by atoms with Crippen LogP contribution < -0.4 is 14.8 Å². The molecule has 1 aromatic carbocycles. The van der Waals surface area contributed by atoms with Crippen LogP contribution in [0.3, 0.4) is 0 Å². The fraction of sp³-hybridized carbons (Fsp3) is 0.444. The molecule has 0 aliphatic carbocycles. The van der Waals surface area contributed by atoms with Gasteiger partial charge in [0, 0.05) is 44.7 Å². The van der Waals surface area contributed by atoms with Crippen molar-refractivity contribution in [3.8, 4) is 11.5 Å². The second kappa shape index (κ2) is 9.96. The van der Waals surface area contributed by atoms with Crippen LogP contribution in [-0.4, -0.2) is 43.3 Å². The van der Waals surface area contributed by atoms with Crippen LogP contribution in [0.4, 0.5) is 0 Å². The van der Waals surface area contributed by atoms with E-state index >= 15 is 0 Å². The van der Waals surface area contributed by atoms with E-state index in [1.165, 1.54) is 9.88 Å². The number of halogens is 1. The molecule has 0 atom stereocenters. The fourth-order valence-corrected chi connectivity index (χ4v) is 3.54. The van der Waals surface area contributed by atoms with Gasteiger partial charge in [0.15, 0.2) is 17.5 Å². The molecule has 1 aliphatic heterocycles. The number of aliphatic imine (C=N–C) groups is 1. The third-order valence-corrected chi connectivity index (χ3v) is 5.20. The average Bonchev–Trinajstić information content (AvgIpc) is 3.27. The maximum Gasteiger partial charge on any atom is 0.231 e. The SMILES string of the molecule is CCc1cnc(CCNC(=NC)N(C)Cc2ccc3c(c2)OCO3)s1.I. The summed E-state index contributed by atoms with van der Waals surface area (Å²) in [4.78, 5) is 12.2. The summed E-state index contributed by atoms with van der Waals surface area (Å²) in [6.45, 7) is 4.01. The lowest BCUT2D eigenvalue weighted by Crippen LogP contribution is -2.39. The second-order valence-corrected chi connectivity index (χ2v) is 7.04. The van der Waals surface area contributed by atoms with E-state index in [4.69, 9.17) is 9.47 Å². The van der Waals surface area contributed by atoms with Gasteiger partial charge in [-0.15, -0.1) is 35.3 Å². The van der Waals surface area contributed by atoms with Crippen LogP contribution in [-0.2, 0) is 19.4 Å². The van der Waals surface area contributed by atoms with Crippen LogP contribution in [0.5, 0.6) is 11.5 Å². The summed E-state index contributed by atoms with van der Waals surface area (Å²) in [5, 5.41) is 4.57. The molecule has 1 aliphatic rings. The van der Waals surface area contributed by atoms with E-state index in [0.29, 0.717) is 6.79 Å². The summed E-state index contributed by atoms with van der Waals surface area (Å²) < 4.78 is 10.8. The Morgan fingerprint density at radius 1 is 1.35 bits per heavy atom. The van der Waals surface area contributed by atoms with Gasteiger partial charge >= 0.3 is 0 Å². The van der Waals surface area contributed by atoms with Gasteiger partial charge in [0.1, 0.15) is 0 Å². The summed E-state index contributed by atoms with van der Waals surface area (Å²) in [7, 11) is 3.83. The monoisotopic (exact) mass is 488 g/mol. The quantitative estimate of drug-likeness (QED) is 0.384. The Balaban J connectivity index is 0.00000243. The van der Waals surface area contributed by atoms with Crippen molar-refractivity contribution in [3.05, 3.63) is 39.8 Å². The van der Waals surface area contributed by atoms with Crippen molar-refractivity contribution in [3.63, 3.8) is 0 Å². The highest BCUT2D eigenvalue weighted by Crippen LogP contribution is 2.32. The highest BCUT2D eigenvalue weighted by Gasteiger charge is 2.14. The molecule has 0 saturated carbocycles. The third-order valence-electron chi connectivity index (χ3n) is 4.00. The molecule has 1 aromatic heterocycles. The lowest BCUT2D eigenvalue weighted by atomic mass is 10.2. The predicted molar refractivity (Wildman–Crippen MR) is 116 cm³/mol. The van der Waals surface area contributed by atoms with E-state index in [-0.39, 0.29) is 24.0 Å². The van der Waals surface area contributed by atoms with Gasteiger partial charge in [0.25, 0.3) is 0 Å². The van der Waals surface area contributed by atoms with Crippen LogP contribution >= 0.6 is 35.3 Å². The molecule has 6 nitrogen and oxygen atoms in total. The molecule has 2 aromatic rings. The van der Waals surface area contributed by atoms with E-state index in [2.05, 4.69) is 33.2 Å². The Kier molecular flexibility index (Phi) is 7.95. The molecule has 1 N–H and O–H groups in total. The van der Waals surface area contributed by atoms with E-state index in [9.17, 15) is 0 Å². The Bertz CT molecular complexity index is 751. The number of fused-ring (bicyclic) bond motifs is 1. The zero-order valence-electron chi connectivity index (χ0n) is 15.3. The van der Waals surface area contributed by atoms with Gasteiger partial charge in [-0.05, 0) is 24.1 Å². The zero-order chi connectivity index (χ0) is 17.6. The molecule has 0 spiro atoms. The molecule has 0 fully saturated rings. The van der Waals surface area contributed by atoms with Crippen LogP contribution in [0.2, 0.25) is 0 Å². The number of aromatic nitrogens is 1. The number of rotatable bonds is 6. The molecular weight excluding hydrogens is 463 g/mol. The normalized spacial score (nSPS) is 12.7. The first kappa shape index (κ1) is 20.8. The molecule has 26 heavy (non-hydrogen) atoms. The van der Waals surface area contributed by atoms with Crippen molar-refractivity contribution in [1.82, 2.24) is 15.2 Å². The first-order valence-corrected chi connectivity index (χ1v) is 9.25. The van der Waals surface area contributed by atoms with Crippen molar-refractivity contribution < 1.29 is 9.47 Å². The van der Waals surface area contributed by atoms with Crippen LogP contribution in [0.25, 0.3) is 0 Å². The van der Waals surface area contributed by atoms with Gasteiger partial charge in [-0.2, -0.15) is 0 Å². The van der Waals surface area contributed by atoms with Gasteiger partial charge in [-0.1, -0.05) is 13.0 Å². The van der Waals surface area contributed by atoms with E-state index in [1.807, 2.05) is 25.4 Å². The number of thiazole rings is 1. The Labute approximate surface area is 175 Å². The molecular formula is C18H25IN4O2S. The Hall–Kier alpha value is -1.55. The summed E-state index contributed by atoms with van der Waals surface area (Å²) >= 11 is 1.78. The minimum absolute atomic E-state index is 0. The predicted octanol–water partition coefficient (Wildman–Crippen LogP) is 3.30. The number of nitrogens with zero attached hydrogens (tertiary/aromatic N) is 3. The van der Waals surface area contributed by atoms with Crippen LogP contribution in [0.15, 0.2) is 29.4 Å². The summed E-state index contributed by atoms with van der Waals surface area (Å²) in [6.07, 6.45) is 3.92. The minimum Gasteiger partial charge on any atom is -0.454 e. The Morgan fingerprint density at radius 3 is 2.88 bits per heavy atom. The Morgan fingerprint density at radius 2 is 2.15 bits per heavy atom. The molecule has 0 bridgehead atoms. The van der Waals surface area contributed by atoms with Crippen molar-refractivity contribution in [2.75, 3.05) is 27.4 Å². The van der Waals surface area contributed by atoms with Gasteiger partial charge in [0.05, 0.1) is 5.01 Å². The smallest absolute Gasteiger partial charge is 0.231 e.